The molecule has 0 atom stereocenters. The lowest BCUT2D eigenvalue weighted by atomic mass is 10.1. The molecule has 4 aromatic rings. The Balaban J connectivity index is 1.81. The molecule has 2 aromatic heterocycles. The Labute approximate surface area is 176 Å². The fraction of sp³-hybridized carbons (Fsp3) is 0.136. The van der Waals surface area contributed by atoms with Gasteiger partial charge in [-0.1, -0.05) is 42.1 Å². The first kappa shape index (κ1) is 19.8. The summed E-state index contributed by atoms with van der Waals surface area (Å²) in [4.78, 5) is 33.2. The minimum Gasteiger partial charge on any atom is -0.268 e. The van der Waals surface area contributed by atoms with E-state index in [2.05, 4.69) is 9.97 Å². The van der Waals surface area contributed by atoms with Crippen LogP contribution in [0, 0.1) is 24.0 Å². The van der Waals surface area contributed by atoms with Crippen LogP contribution in [0.1, 0.15) is 16.7 Å². The van der Waals surface area contributed by atoms with Crippen LogP contribution < -0.4 is 5.56 Å². The first-order chi connectivity index (χ1) is 14.5. The second-order valence-corrected chi connectivity index (χ2v) is 7.80. The van der Waals surface area contributed by atoms with E-state index in [1.807, 2.05) is 25.1 Å². The zero-order valence-corrected chi connectivity index (χ0v) is 17.2. The summed E-state index contributed by atoms with van der Waals surface area (Å²) in [7, 11) is 0. The van der Waals surface area contributed by atoms with Gasteiger partial charge in [0, 0.05) is 23.6 Å². The highest BCUT2D eigenvalue weighted by Crippen LogP contribution is 2.28. The largest absolute Gasteiger partial charge is 0.272 e. The number of aryl methyl sites for hydroxylation is 1. The van der Waals surface area contributed by atoms with Gasteiger partial charge in [0.15, 0.2) is 5.16 Å². The molecule has 0 fully saturated rings. The van der Waals surface area contributed by atoms with E-state index in [9.17, 15) is 14.9 Å². The van der Waals surface area contributed by atoms with Gasteiger partial charge in [-0.25, -0.2) is 14.5 Å². The Hall–Kier alpha value is -3.52. The molecule has 2 aromatic carbocycles. The maximum absolute atomic E-state index is 13.2. The van der Waals surface area contributed by atoms with Gasteiger partial charge in [-0.15, -0.1) is 0 Å². The van der Waals surface area contributed by atoms with Crippen molar-refractivity contribution in [2.24, 2.45) is 0 Å². The standard InChI is InChI=1S/C22H18N4O3S/c1-14-10-11-20(23-12-14)25-21(27)17-7-3-4-8-18(17)24-22(25)30-13-16-6-5-9-19(15(16)2)26(28)29/h3-12H,13H2,1-2H3. The molecule has 0 amide bonds. The van der Waals surface area contributed by atoms with Crippen LogP contribution in [0.3, 0.4) is 0 Å². The number of aromatic nitrogens is 3. The molecular weight excluding hydrogens is 400 g/mol. The summed E-state index contributed by atoms with van der Waals surface area (Å²) in [6.45, 7) is 3.66. The molecule has 0 spiro atoms. The number of pyridine rings is 1. The van der Waals surface area contributed by atoms with Crippen molar-refractivity contribution in [2.75, 3.05) is 0 Å². The normalized spacial score (nSPS) is 11.0. The summed E-state index contributed by atoms with van der Waals surface area (Å²) < 4.78 is 1.50. The molecule has 7 nitrogen and oxygen atoms in total. The van der Waals surface area contributed by atoms with Gasteiger partial charge < -0.3 is 0 Å². The van der Waals surface area contributed by atoms with Crippen molar-refractivity contribution < 1.29 is 4.92 Å². The van der Waals surface area contributed by atoms with Crippen LogP contribution >= 0.6 is 11.8 Å². The van der Waals surface area contributed by atoms with E-state index < -0.39 is 0 Å². The Morgan fingerprint density at radius 1 is 1.07 bits per heavy atom. The zero-order chi connectivity index (χ0) is 21.3. The third-order valence-electron chi connectivity index (χ3n) is 4.84. The SMILES string of the molecule is Cc1ccc(-n2c(SCc3cccc([N+](=O)[O-])c3C)nc3ccccc3c2=O)nc1. The van der Waals surface area contributed by atoms with Crippen LogP contribution in [0.15, 0.2) is 70.7 Å². The number of thioether (sulfide) groups is 1. The number of hydrogen-bond acceptors (Lipinski definition) is 6. The maximum atomic E-state index is 13.2. The summed E-state index contributed by atoms with van der Waals surface area (Å²) >= 11 is 1.35. The van der Waals surface area contributed by atoms with Crippen molar-refractivity contribution in [3.05, 3.63) is 98.0 Å². The van der Waals surface area contributed by atoms with Gasteiger partial charge in [0.2, 0.25) is 0 Å². The number of nitro benzene ring substituents is 1. The minimum atomic E-state index is -0.385. The number of nitro groups is 1. The van der Waals surface area contributed by atoms with E-state index in [1.165, 1.54) is 22.4 Å². The van der Waals surface area contributed by atoms with Crippen molar-refractivity contribution >= 4 is 28.4 Å². The summed E-state index contributed by atoms with van der Waals surface area (Å²) in [5, 5.41) is 12.2. The van der Waals surface area contributed by atoms with E-state index in [4.69, 9.17) is 0 Å². The number of para-hydroxylation sites is 1. The molecular formula is C22H18N4O3S. The van der Waals surface area contributed by atoms with E-state index in [1.54, 1.807) is 43.5 Å². The van der Waals surface area contributed by atoms with Gasteiger partial charge >= 0.3 is 0 Å². The molecule has 0 saturated heterocycles. The second kappa shape index (κ2) is 8.08. The molecule has 0 radical (unpaired) electrons. The lowest BCUT2D eigenvalue weighted by molar-refractivity contribution is -0.385. The molecule has 0 aliphatic heterocycles. The third-order valence-corrected chi connectivity index (χ3v) is 5.83. The van der Waals surface area contributed by atoms with E-state index in [0.29, 0.717) is 33.2 Å². The fourth-order valence-corrected chi connectivity index (χ4v) is 4.24. The van der Waals surface area contributed by atoms with Gasteiger partial charge in [-0.2, -0.15) is 0 Å². The van der Waals surface area contributed by atoms with Gasteiger partial charge in [0.25, 0.3) is 11.2 Å². The monoisotopic (exact) mass is 418 g/mol. The Morgan fingerprint density at radius 3 is 2.60 bits per heavy atom. The van der Waals surface area contributed by atoms with Crippen molar-refractivity contribution in [1.29, 1.82) is 0 Å². The molecule has 2 heterocycles. The molecule has 4 rings (SSSR count). The Kier molecular flexibility index (Phi) is 5.33. The predicted octanol–water partition coefficient (Wildman–Crippen LogP) is 4.60. The second-order valence-electron chi connectivity index (χ2n) is 6.85. The summed E-state index contributed by atoms with van der Waals surface area (Å²) in [5.74, 6) is 0.923. The molecule has 0 bridgehead atoms. The first-order valence-electron chi connectivity index (χ1n) is 9.26. The molecule has 30 heavy (non-hydrogen) atoms. The van der Waals surface area contributed by atoms with E-state index in [0.717, 1.165) is 11.1 Å². The van der Waals surface area contributed by atoms with Gasteiger partial charge in [0.05, 0.1) is 15.8 Å². The average Bonchev–Trinajstić information content (AvgIpc) is 2.74. The number of fused-ring (bicyclic) bond motifs is 1. The molecule has 0 unspecified atom stereocenters. The summed E-state index contributed by atoms with van der Waals surface area (Å²) in [6, 6.07) is 15.9. The Morgan fingerprint density at radius 2 is 1.87 bits per heavy atom. The van der Waals surface area contributed by atoms with Crippen LogP contribution in [-0.4, -0.2) is 19.5 Å². The topological polar surface area (TPSA) is 90.9 Å². The van der Waals surface area contributed by atoms with Crippen LogP contribution in [0.2, 0.25) is 0 Å². The van der Waals surface area contributed by atoms with Crippen LogP contribution in [-0.2, 0) is 5.75 Å². The molecule has 150 valence electrons. The smallest absolute Gasteiger partial charge is 0.268 e. The molecule has 0 N–H and O–H groups in total. The highest BCUT2D eigenvalue weighted by atomic mass is 32.2. The van der Waals surface area contributed by atoms with Crippen molar-refractivity contribution in [1.82, 2.24) is 14.5 Å². The summed E-state index contributed by atoms with van der Waals surface area (Å²) in [5.41, 5.74) is 2.90. The lowest BCUT2D eigenvalue weighted by Crippen LogP contribution is -2.22. The Bertz CT molecular complexity index is 1320. The van der Waals surface area contributed by atoms with Crippen LogP contribution in [0.25, 0.3) is 16.7 Å². The molecule has 0 aliphatic rings. The highest BCUT2D eigenvalue weighted by Gasteiger charge is 2.17. The molecule has 8 heteroatoms. The molecule has 0 saturated carbocycles. The van der Waals surface area contributed by atoms with Crippen molar-refractivity contribution in [3.8, 4) is 5.82 Å². The number of nitrogens with zero attached hydrogens (tertiary/aromatic N) is 4. The van der Waals surface area contributed by atoms with Gasteiger partial charge in [-0.3, -0.25) is 14.9 Å². The lowest BCUT2D eigenvalue weighted by Gasteiger charge is -2.13. The van der Waals surface area contributed by atoms with E-state index >= 15 is 0 Å². The number of rotatable bonds is 5. The molecule has 0 aliphatic carbocycles. The number of hydrogen-bond donors (Lipinski definition) is 0. The van der Waals surface area contributed by atoms with Gasteiger partial charge in [-0.05, 0) is 43.2 Å². The summed E-state index contributed by atoms with van der Waals surface area (Å²) in [6.07, 6.45) is 1.70. The van der Waals surface area contributed by atoms with Crippen molar-refractivity contribution in [3.63, 3.8) is 0 Å². The van der Waals surface area contributed by atoms with Crippen molar-refractivity contribution in [2.45, 2.75) is 24.8 Å². The zero-order valence-electron chi connectivity index (χ0n) is 16.4. The predicted molar refractivity (Wildman–Crippen MR) is 117 cm³/mol. The van der Waals surface area contributed by atoms with Gasteiger partial charge in [0.1, 0.15) is 5.82 Å². The average molecular weight is 418 g/mol. The van der Waals surface area contributed by atoms with E-state index in [-0.39, 0.29) is 16.2 Å². The van der Waals surface area contributed by atoms with Crippen LogP contribution in [0.4, 0.5) is 5.69 Å². The first-order valence-corrected chi connectivity index (χ1v) is 10.2. The quantitative estimate of drug-likeness (QED) is 0.204. The van der Waals surface area contributed by atoms with Crippen LogP contribution in [0.5, 0.6) is 0 Å². The maximum Gasteiger partial charge on any atom is 0.272 e. The number of benzene rings is 2. The fourth-order valence-electron chi connectivity index (χ4n) is 3.17. The third kappa shape index (κ3) is 3.69. The minimum absolute atomic E-state index is 0.0807. The highest BCUT2D eigenvalue weighted by molar-refractivity contribution is 7.98.